The number of ether oxygens (including phenoxy) is 3. The Morgan fingerprint density at radius 3 is 2.04 bits per heavy atom. The van der Waals surface area contributed by atoms with Crippen molar-refractivity contribution in [2.75, 3.05) is 19.5 Å². The second-order valence-corrected chi connectivity index (χ2v) is 6.35. The highest BCUT2D eigenvalue weighted by Gasteiger charge is 2.09. The Balaban J connectivity index is 1.59. The molecule has 0 bridgehead atoms. The van der Waals surface area contributed by atoms with Crippen molar-refractivity contribution >= 4 is 11.6 Å². The monoisotopic (exact) mass is 377 g/mol. The SMILES string of the molecule is COc1ccc(CC(=O)Nc2ccc(Oc3ccc(C)cc3)cc2)cc1OC. The van der Waals surface area contributed by atoms with Crippen LogP contribution in [0.15, 0.2) is 66.7 Å². The van der Waals surface area contributed by atoms with Crippen molar-refractivity contribution in [1.82, 2.24) is 0 Å². The number of aryl methyl sites for hydroxylation is 1. The summed E-state index contributed by atoms with van der Waals surface area (Å²) in [5, 5.41) is 2.89. The van der Waals surface area contributed by atoms with E-state index >= 15 is 0 Å². The van der Waals surface area contributed by atoms with E-state index in [1.54, 1.807) is 26.4 Å². The molecule has 3 aromatic rings. The quantitative estimate of drug-likeness (QED) is 0.630. The number of carbonyl (C=O) groups excluding carboxylic acids is 1. The molecule has 0 atom stereocenters. The summed E-state index contributed by atoms with van der Waals surface area (Å²) in [5.74, 6) is 2.61. The fourth-order valence-electron chi connectivity index (χ4n) is 2.73. The maximum atomic E-state index is 12.3. The van der Waals surface area contributed by atoms with Crippen LogP contribution in [-0.2, 0) is 11.2 Å². The number of nitrogens with one attached hydrogen (secondary N) is 1. The van der Waals surface area contributed by atoms with Gasteiger partial charge in [0.1, 0.15) is 11.5 Å². The molecule has 0 radical (unpaired) electrons. The molecule has 0 unspecified atom stereocenters. The molecule has 0 heterocycles. The van der Waals surface area contributed by atoms with E-state index in [-0.39, 0.29) is 12.3 Å². The fraction of sp³-hybridized carbons (Fsp3) is 0.174. The van der Waals surface area contributed by atoms with E-state index in [2.05, 4.69) is 5.32 Å². The van der Waals surface area contributed by atoms with Gasteiger partial charge in [0.25, 0.3) is 0 Å². The largest absolute Gasteiger partial charge is 0.493 e. The lowest BCUT2D eigenvalue weighted by atomic mass is 10.1. The summed E-state index contributed by atoms with van der Waals surface area (Å²) in [6.45, 7) is 2.03. The first kappa shape index (κ1) is 19.3. The summed E-state index contributed by atoms with van der Waals surface area (Å²) in [6.07, 6.45) is 0.238. The number of anilines is 1. The first-order valence-electron chi connectivity index (χ1n) is 8.92. The molecule has 0 aromatic heterocycles. The number of rotatable bonds is 7. The van der Waals surface area contributed by atoms with Crippen LogP contribution in [0.3, 0.4) is 0 Å². The average Bonchev–Trinajstić information content (AvgIpc) is 2.71. The van der Waals surface area contributed by atoms with Gasteiger partial charge >= 0.3 is 0 Å². The minimum Gasteiger partial charge on any atom is -0.493 e. The fourth-order valence-corrected chi connectivity index (χ4v) is 2.73. The second-order valence-electron chi connectivity index (χ2n) is 6.35. The van der Waals surface area contributed by atoms with Gasteiger partial charge in [-0.15, -0.1) is 0 Å². The van der Waals surface area contributed by atoms with Gasteiger partial charge in [-0.25, -0.2) is 0 Å². The molecule has 3 aromatic carbocycles. The number of amides is 1. The molecule has 0 spiro atoms. The summed E-state index contributed by atoms with van der Waals surface area (Å²) >= 11 is 0. The van der Waals surface area contributed by atoms with Crippen LogP contribution in [0.2, 0.25) is 0 Å². The third kappa shape index (κ3) is 5.04. The lowest BCUT2D eigenvalue weighted by Crippen LogP contribution is -2.14. The summed E-state index contributed by atoms with van der Waals surface area (Å²) < 4.78 is 16.3. The first-order chi connectivity index (χ1) is 13.6. The topological polar surface area (TPSA) is 56.8 Å². The number of hydrogen-bond acceptors (Lipinski definition) is 4. The van der Waals surface area contributed by atoms with Crippen molar-refractivity contribution in [3.05, 3.63) is 77.9 Å². The van der Waals surface area contributed by atoms with Gasteiger partial charge in [-0.2, -0.15) is 0 Å². The number of methoxy groups -OCH3 is 2. The number of hydrogen-bond donors (Lipinski definition) is 1. The third-order valence-electron chi connectivity index (χ3n) is 4.21. The molecule has 0 aliphatic rings. The Kier molecular flexibility index (Phi) is 6.17. The zero-order valence-corrected chi connectivity index (χ0v) is 16.2. The smallest absolute Gasteiger partial charge is 0.228 e. The van der Waals surface area contributed by atoms with E-state index < -0.39 is 0 Å². The minimum atomic E-state index is -0.112. The highest BCUT2D eigenvalue weighted by molar-refractivity contribution is 5.92. The maximum absolute atomic E-state index is 12.3. The Hall–Kier alpha value is -3.47. The molecule has 1 amide bonds. The maximum Gasteiger partial charge on any atom is 0.228 e. The molecule has 3 rings (SSSR count). The summed E-state index contributed by atoms with van der Waals surface area (Å²) in [5.41, 5.74) is 2.73. The van der Waals surface area contributed by atoms with Crippen LogP contribution in [0.4, 0.5) is 5.69 Å². The molecule has 1 N–H and O–H groups in total. The van der Waals surface area contributed by atoms with Crippen LogP contribution in [0, 0.1) is 6.92 Å². The van der Waals surface area contributed by atoms with Crippen LogP contribution >= 0.6 is 0 Å². The Bertz CT molecular complexity index is 934. The van der Waals surface area contributed by atoms with Crippen molar-refractivity contribution < 1.29 is 19.0 Å². The van der Waals surface area contributed by atoms with E-state index in [1.807, 2.05) is 61.5 Å². The highest BCUT2D eigenvalue weighted by Crippen LogP contribution is 2.28. The van der Waals surface area contributed by atoms with Crippen LogP contribution in [0.5, 0.6) is 23.0 Å². The van der Waals surface area contributed by atoms with E-state index in [1.165, 1.54) is 5.56 Å². The van der Waals surface area contributed by atoms with E-state index in [0.29, 0.717) is 22.9 Å². The molecule has 0 aliphatic carbocycles. The second kappa shape index (κ2) is 8.95. The van der Waals surface area contributed by atoms with Crippen molar-refractivity contribution in [3.63, 3.8) is 0 Å². The molecule has 0 saturated heterocycles. The Labute approximate surface area is 164 Å². The normalized spacial score (nSPS) is 10.2. The predicted molar refractivity (Wildman–Crippen MR) is 110 cm³/mol. The van der Waals surface area contributed by atoms with Crippen molar-refractivity contribution in [2.24, 2.45) is 0 Å². The average molecular weight is 377 g/mol. The van der Waals surface area contributed by atoms with Gasteiger partial charge in [0.15, 0.2) is 11.5 Å². The molecule has 5 heteroatoms. The lowest BCUT2D eigenvalue weighted by Gasteiger charge is -2.10. The number of benzene rings is 3. The minimum absolute atomic E-state index is 0.112. The Morgan fingerprint density at radius 1 is 0.821 bits per heavy atom. The molecule has 144 valence electrons. The predicted octanol–water partition coefficient (Wildman–Crippen LogP) is 4.99. The molecule has 0 aliphatic heterocycles. The molecular weight excluding hydrogens is 354 g/mol. The van der Waals surface area contributed by atoms with Gasteiger partial charge < -0.3 is 19.5 Å². The van der Waals surface area contributed by atoms with Crippen LogP contribution in [0.25, 0.3) is 0 Å². The van der Waals surface area contributed by atoms with Crippen LogP contribution in [-0.4, -0.2) is 20.1 Å². The van der Waals surface area contributed by atoms with Gasteiger partial charge in [-0.1, -0.05) is 23.8 Å². The molecular formula is C23H23NO4. The zero-order valence-electron chi connectivity index (χ0n) is 16.2. The standard InChI is InChI=1S/C23H23NO4/c1-16-4-9-19(10-5-16)28-20-11-7-18(8-12-20)24-23(25)15-17-6-13-21(26-2)22(14-17)27-3/h4-14H,15H2,1-3H3,(H,24,25). The van der Waals surface area contributed by atoms with Gasteiger partial charge in [0.05, 0.1) is 20.6 Å². The van der Waals surface area contributed by atoms with E-state index in [9.17, 15) is 4.79 Å². The van der Waals surface area contributed by atoms with Gasteiger partial charge in [-0.05, 0) is 61.0 Å². The summed E-state index contributed by atoms with van der Waals surface area (Å²) in [4.78, 5) is 12.3. The van der Waals surface area contributed by atoms with Gasteiger partial charge in [-0.3, -0.25) is 4.79 Å². The van der Waals surface area contributed by atoms with E-state index in [4.69, 9.17) is 14.2 Å². The molecule has 28 heavy (non-hydrogen) atoms. The summed E-state index contributed by atoms with van der Waals surface area (Å²) in [6, 6.07) is 20.6. The summed E-state index contributed by atoms with van der Waals surface area (Å²) in [7, 11) is 3.15. The highest BCUT2D eigenvalue weighted by atomic mass is 16.5. The molecule has 0 saturated carbocycles. The lowest BCUT2D eigenvalue weighted by molar-refractivity contribution is -0.115. The number of carbonyl (C=O) groups is 1. The van der Waals surface area contributed by atoms with Crippen molar-refractivity contribution in [3.8, 4) is 23.0 Å². The Morgan fingerprint density at radius 2 is 1.43 bits per heavy atom. The van der Waals surface area contributed by atoms with Crippen LogP contribution < -0.4 is 19.5 Å². The molecule has 5 nitrogen and oxygen atoms in total. The van der Waals surface area contributed by atoms with Gasteiger partial charge in [0.2, 0.25) is 5.91 Å². The first-order valence-corrected chi connectivity index (χ1v) is 8.92. The van der Waals surface area contributed by atoms with Gasteiger partial charge in [0, 0.05) is 5.69 Å². The van der Waals surface area contributed by atoms with Crippen LogP contribution in [0.1, 0.15) is 11.1 Å². The third-order valence-corrected chi connectivity index (χ3v) is 4.21. The van der Waals surface area contributed by atoms with Crippen molar-refractivity contribution in [1.29, 1.82) is 0 Å². The van der Waals surface area contributed by atoms with E-state index in [0.717, 1.165) is 11.3 Å². The molecule has 0 fully saturated rings. The zero-order chi connectivity index (χ0) is 19.9. The van der Waals surface area contributed by atoms with Crippen molar-refractivity contribution in [2.45, 2.75) is 13.3 Å².